The summed E-state index contributed by atoms with van der Waals surface area (Å²) < 4.78 is 0. The number of ketones is 1. The first-order valence-electron chi connectivity index (χ1n) is 9.58. The van der Waals surface area contributed by atoms with Gasteiger partial charge in [0.25, 0.3) is 0 Å². The highest BCUT2D eigenvalue weighted by Crippen LogP contribution is 2.42. The molecule has 0 fully saturated rings. The van der Waals surface area contributed by atoms with E-state index >= 15 is 0 Å². The molecule has 1 atom stereocenters. The molecule has 5 nitrogen and oxygen atoms in total. The van der Waals surface area contributed by atoms with Gasteiger partial charge in [-0.1, -0.05) is 24.9 Å². The Morgan fingerprint density at radius 3 is 2.85 bits per heavy atom. The number of halogens is 1. The zero-order valence-corrected chi connectivity index (χ0v) is 16.1. The van der Waals surface area contributed by atoms with Crippen molar-refractivity contribution in [1.29, 1.82) is 0 Å². The van der Waals surface area contributed by atoms with Gasteiger partial charge in [0.2, 0.25) is 5.91 Å². The number of unbranched alkanes of at least 4 members (excludes halogenated alkanes) is 1. The maximum atomic E-state index is 13.2. The van der Waals surface area contributed by atoms with Gasteiger partial charge in [-0.2, -0.15) is 0 Å². The smallest absolute Gasteiger partial charge is 0.227 e. The fourth-order valence-electron chi connectivity index (χ4n) is 4.06. The van der Waals surface area contributed by atoms with Gasteiger partial charge in [0.1, 0.15) is 0 Å². The normalized spacial score (nSPS) is 19.5. The highest BCUT2D eigenvalue weighted by molar-refractivity contribution is 6.34. The van der Waals surface area contributed by atoms with Crippen molar-refractivity contribution in [3.63, 3.8) is 0 Å². The molecule has 0 saturated heterocycles. The van der Waals surface area contributed by atoms with E-state index in [0.29, 0.717) is 30.1 Å². The van der Waals surface area contributed by atoms with E-state index in [1.54, 1.807) is 0 Å². The summed E-state index contributed by atoms with van der Waals surface area (Å²) >= 11 is 6.48. The van der Waals surface area contributed by atoms with Crippen molar-refractivity contribution >= 4 is 29.0 Å². The Kier molecular flexibility index (Phi) is 6.33. The SMILES string of the molecule is CCCCNCC1CCc2cc(Cl)c3c(c2C1=O)CCC(=O)N3CCO. The molecule has 3 rings (SSSR count). The minimum Gasteiger partial charge on any atom is -0.395 e. The van der Waals surface area contributed by atoms with Crippen LogP contribution in [0.1, 0.15) is 54.1 Å². The molecule has 26 heavy (non-hydrogen) atoms. The molecule has 1 unspecified atom stereocenters. The summed E-state index contributed by atoms with van der Waals surface area (Å²) in [6.45, 7) is 3.87. The highest BCUT2D eigenvalue weighted by atomic mass is 35.5. The lowest BCUT2D eigenvalue weighted by Gasteiger charge is -2.34. The molecule has 0 aromatic heterocycles. The average Bonchev–Trinajstić information content (AvgIpc) is 2.62. The number of anilines is 1. The van der Waals surface area contributed by atoms with Gasteiger partial charge in [-0.15, -0.1) is 0 Å². The number of aliphatic hydroxyl groups is 1. The van der Waals surface area contributed by atoms with Gasteiger partial charge in [0.05, 0.1) is 17.3 Å². The van der Waals surface area contributed by atoms with Gasteiger partial charge in [0, 0.05) is 31.0 Å². The molecule has 2 N–H and O–H groups in total. The van der Waals surface area contributed by atoms with Crippen LogP contribution in [0.25, 0.3) is 0 Å². The summed E-state index contributed by atoms with van der Waals surface area (Å²) in [6, 6.07) is 1.84. The first-order valence-corrected chi connectivity index (χ1v) is 9.96. The molecule has 1 aromatic rings. The summed E-state index contributed by atoms with van der Waals surface area (Å²) in [7, 11) is 0. The van der Waals surface area contributed by atoms with Crippen molar-refractivity contribution in [3.8, 4) is 0 Å². The number of rotatable bonds is 7. The summed E-state index contributed by atoms with van der Waals surface area (Å²) in [4.78, 5) is 27.0. The number of hydrogen-bond donors (Lipinski definition) is 2. The van der Waals surface area contributed by atoms with Crippen molar-refractivity contribution in [3.05, 3.63) is 27.8 Å². The Bertz CT molecular complexity index is 705. The average molecular weight is 379 g/mol. The molecule has 1 amide bonds. The van der Waals surface area contributed by atoms with Gasteiger partial charge < -0.3 is 15.3 Å². The van der Waals surface area contributed by atoms with Crippen molar-refractivity contribution in [2.24, 2.45) is 5.92 Å². The minimum atomic E-state index is -0.128. The molecular formula is C20H27ClN2O3. The van der Waals surface area contributed by atoms with E-state index < -0.39 is 0 Å². The Hall–Kier alpha value is -1.43. The maximum Gasteiger partial charge on any atom is 0.227 e. The lowest BCUT2D eigenvalue weighted by molar-refractivity contribution is -0.119. The molecule has 0 bridgehead atoms. The third-order valence-electron chi connectivity index (χ3n) is 5.40. The molecule has 0 spiro atoms. The number of carbonyl (C=O) groups excluding carboxylic acids is 2. The standard InChI is InChI=1S/C20H27ClN2O3/c1-2-3-8-22-12-14-5-4-13-11-16(21)19-15(18(13)20(14)26)6-7-17(25)23(19)9-10-24/h11,14,22,24H,2-10,12H2,1H3. The van der Waals surface area contributed by atoms with Crippen molar-refractivity contribution in [2.45, 2.75) is 45.4 Å². The molecule has 142 valence electrons. The van der Waals surface area contributed by atoms with Crippen LogP contribution in [-0.4, -0.2) is 43.0 Å². The number of nitrogens with zero attached hydrogens (tertiary/aromatic N) is 1. The van der Waals surface area contributed by atoms with Crippen LogP contribution in [0.2, 0.25) is 5.02 Å². The first kappa shape index (κ1) is 19.3. The second kappa shape index (κ2) is 8.51. The molecule has 1 aliphatic heterocycles. The van der Waals surface area contributed by atoms with Crippen LogP contribution >= 0.6 is 11.6 Å². The Labute approximate surface area is 159 Å². The number of amides is 1. The maximum absolute atomic E-state index is 13.2. The van der Waals surface area contributed by atoms with Crippen LogP contribution < -0.4 is 10.2 Å². The molecule has 1 aromatic carbocycles. The summed E-state index contributed by atoms with van der Waals surface area (Å²) in [6.07, 6.45) is 4.81. The molecule has 0 saturated carbocycles. The number of nitrogens with one attached hydrogen (secondary N) is 1. The monoisotopic (exact) mass is 378 g/mol. The predicted octanol–water partition coefficient (Wildman–Crippen LogP) is 2.75. The van der Waals surface area contributed by atoms with E-state index in [1.807, 2.05) is 6.07 Å². The summed E-state index contributed by atoms with van der Waals surface area (Å²) in [5.41, 5.74) is 3.29. The van der Waals surface area contributed by atoms with Gasteiger partial charge in [-0.25, -0.2) is 0 Å². The number of Topliss-reactive ketones (excluding diaryl/α,β-unsaturated/α-hetero) is 1. The van der Waals surface area contributed by atoms with Crippen molar-refractivity contribution < 1.29 is 14.7 Å². The van der Waals surface area contributed by atoms with Crippen LogP contribution in [0.5, 0.6) is 0 Å². The Balaban J connectivity index is 1.92. The zero-order chi connectivity index (χ0) is 18.7. The number of carbonyl (C=O) groups is 2. The lowest BCUT2D eigenvalue weighted by atomic mass is 9.78. The van der Waals surface area contributed by atoms with E-state index in [9.17, 15) is 14.7 Å². The third-order valence-corrected chi connectivity index (χ3v) is 5.68. The number of aryl methyl sites for hydroxylation is 1. The van der Waals surface area contributed by atoms with Gasteiger partial charge in [-0.3, -0.25) is 9.59 Å². The number of benzene rings is 1. The van der Waals surface area contributed by atoms with Crippen LogP contribution in [-0.2, 0) is 17.6 Å². The molecule has 6 heteroatoms. The van der Waals surface area contributed by atoms with E-state index in [2.05, 4.69) is 12.2 Å². The fourth-order valence-corrected chi connectivity index (χ4v) is 4.40. The zero-order valence-electron chi connectivity index (χ0n) is 15.3. The molecule has 1 heterocycles. The van der Waals surface area contributed by atoms with Crippen LogP contribution in [0.15, 0.2) is 6.07 Å². The van der Waals surface area contributed by atoms with Crippen LogP contribution in [0, 0.1) is 5.92 Å². The third kappa shape index (κ3) is 3.66. The molecule has 2 aliphatic rings. The van der Waals surface area contributed by atoms with Gasteiger partial charge in [-0.05, 0) is 49.4 Å². The number of β-amino-alcohol motifs (C(OH)–C–C–N with tert-alkyl or cyclic N) is 1. The first-order chi connectivity index (χ1) is 12.6. The topological polar surface area (TPSA) is 69.6 Å². The number of fused-ring (bicyclic) bond motifs is 3. The van der Waals surface area contributed by atoms with E-state index in [0.717, 1.165) is 48.9 Å². The number of hydrogen-bond acceptors (Lipinski definition) is 4. The molecular weight excluding hydrogens is 352 g/mol. The van der Waals surface area contributed by atoms with E-state index in [-0.39, 0.29) is 30.8 Å². The number of aliphatic hydroxyl groups excluding tert-OH is 1. The van der Waals surface area contributed by atoms with Crippen molar-refractivity contribution in [2.75, 3.05) is 31.1 Å². The predicted molar refractivity (Wildman–Crippen MR) is 103 cm³/mol. The molecule has 0 radical (unpaired) electrons. The Morgan fingerprint density at radius 1 is 1.31 bits per heavy atom. The van der Waals surface area contributed by atoms with Gasteiger partial charge in [0.15, 0.2) is 5.78 Å². The summed E-state index contributed by atoms with van der Waals surface area (Å²) in [5, 5.41) is 13.2. The molecule has 1 aliphatic carbocycles. The fraction of sp³-hybridized carbons (Fsp3) is 0.600. The quantitative estimate of drug-likeness (QED) is 0.716. The highest BCUT2D eigenvalue weighted by Gasteiger charge is 2.35. The second-order valence-electron chi connectivity index (χ2n) is 7.15. The van der Waals surface area contributed by atoms with Crippen LogP contribution in [0.3, 0.4) is 0 Å². The van der Waals surface area contributed by atoms with E-state index in [1.165, 1.54) is 4.90 Å². The lowest BCUT2D eigenvalue weighted by Crippen LogP contribution is -2.40. The Morgan fingerprint density at radius 2 is 2.12 bits per heavy atom. The van der Waals surface area contributed by atoms with Crippen LogP contribution in [0.4, 0.5) is 5.69 Å². The van der Waals surface area contributed by atoms with Gasteiger partial charge >= 0.3 is 0 Å². The summed E-state index contributed by atoms with van der Waals surface area (Å²) in [5.74, 6) is 0.101. The minimum absolute atomic E-state index is 0.0199. The van der Waals surface area contributed by atoms with E-state index in [4.69, 9.17) is 11.6 Å². The largest absolute Gasteiger partial charge is 0.395 e. The second-order valence-corrected chi connectivity index (χ2v) is 7.55. The van der Waals surface area contributed by atoms with Crippen molar-refractivity contribution in [1.82, 2.24) is 5.32 Å².